The molecule has 0 unspecified atom stereocenters. The second kappa shape index (κ2) is 7.91. The molecule has 0 spiro atoms. The van der Waals surface area contributed by atoms with Crippen molar-refractivity contribution in [2.24, 2.45) is 5.73 Å². The highest BCUT2D eigenvalue weighted by molar-refractivity contribution is 5.82. The molecule has 0 bridgehead atoms. The molecule has 0 aliphatic heterocycles. The van der Waals surface area contributed by atoms with Crippen LogP contribution in [-0.4, -0.2) is 23.1 Å². The van der Waals surface area contributed by atoms with Crippen molar-refractivity contribution >= 4 is 11.8 Å². The molecule has 1 rings (SSSR count). The standard InChI is InChI=1S/C16H25N3O3/c1-16(2,3)12-6-4-11(5-7-12)10-18-14(20)9-8-13(17)15(21)19-22/h4-7,13,22H,8-10,17H2,1-3H3,(H,18,20)(H,19,21)/t13-/m0/s1. The highest BCUT2D eigenvalue weighted by atomic mass is 16.5. The van der Waals surface area contributed by atoms with Crippen molar-refractivity contribution < 1.29 is 14.8 Å². The van der Waals surface area contributed by atoms with Crippen molar-refractivity contribution in [3.63, 3.8) is 0 Å². The summed E-state index contributed by atoms with van der Waals surface area (Å²) in [5, 5.41) is 11.2. The van der Waals surface area contributed by atoms with Crippen molar-refractivity contribution in [2.75, 3.05) is 0 Å². The van der Waals surface area contributed by atoms with Crippen LogP contribution in [-0.2, 0) is 21.5 Å². The van der Waals surface area contributed by atoms with Gasteiger partial charge in [0.2, 0.25) is 5.91 Å². The molecule has 1 aromatic carbocycles. The van der Waals surface area contributed by atoms with Gasteiger partial charge in [-0.3, -0.25) is 14.8 Å². The number of amides is 2. The van der Waals surface area contributed by atoms with Crippen LogP contribution >= 0.6 is 0 Å². The molecule has 22 heavy (non-hydrogen) atoms. The predicted octanol–water partition coefficient (Wildman–Crippen LogP) is 1.21. The van der Waals surface area contributed by atoms with Crippen LogP contribution in [0.3, 0.4) is 0 Å². The fraction of sp³-hybridized carbons (Fsp3) is 0.500. The fourth-order valence-electron chi connectivity index (χ4n) is 1.91. The van der Waals surface area contributed by atoms with E-state index in [-0.39, 0.29) is 24.2 Å². The largest absolute Gasteiger partial charge is 0.352 e. The number of nitrogens with one attached hydrogen (secondary N) is 2. The van der Waals surface area contributed by atoms with Gasteiger partial charge in [0.15, 0.2) is 0 Å². The summed E-state index contributed by atoms with van der Waals surface area (Å²) in [7, 11) is 0. The summed E-state index contributed by atoms with van der Waals surface area (Å²) < 4.78 is 0. The molecule has 0 aliphatic carbocycles. The van der Waals surface area contributed by atoms with Gasteiger partial charge in [0, 0.05) is 13.0 Å². The number of hydroxylamine groups is 1. The molecule has 5 N–H and O–H groups in total. The van der Waals surface area contributed by atoms with Crippen LogP contribution in [0.1, 0.15) is 44.7 Å². The van der Waals surface area contributed by atoms with Gasteiger partial charge in [-0.05, 0) is 23.0 Å². The third kappa shape index (κ3) is 5.83. The van der Waals surface area contributed by atoms with Gasteiger partial charge in [-0.25, -0.2) is 5.48 Å². The topological polar surface area (TPSA) is 104 Å². The molecule has 2 amide bonds. The number of hydrogen-bond donors (Lipinski definition) is 4. The van der Waals surface area contributed by atoms with Crippen LogP contribution < -0.4 is 16.5 Å². The van der Waals surface area contributed by atoms with Gasteiger partial charge in [-0.2, -0.15) is 0 Å². The zero-order chi connectivity index (χ0) is 16.8. The minimum Gasteiger partial charge on any atom is -0.352 e. The maximum absolute atomic E-state index is 11.7. The normalized spacial score (nSPS) is 12.6. The summed E-state index contributed by atoms with van der Waals surface area (Å²) in [6.07, 6.45) is 0.315. The summed E-state index contributed by atoms with van der Waals surface area (Å²) in [6.45, 7) is 6.88. The number of carbonyl (C=O) groups is 2. The van der Waals surface area contributed by atoms with Crippen LogP contribution in [0.15, 0.2) is 24.3 Å². The SMILES string of the molecule is CC(C)(C)c1ccc(CNC(=O)CC[C@H](N)C(=O)NO)cc1. The van der Waals surface area contributed by atoms with Crippen LogP contribution in [0.5, 0.6) is 0 Å². The third-order valence-corrected chi connectivity index (χ3v) is 3.44. The first kappa shape index (κ1) is 18.1. The molecule has 122 valence electrons. The zero-order valence-corrected chi connectivity index (χ0v) is 13.3. The highest BCUT2D eigenvalue weighted by Crippen LogP contribution is 2.22. The van der Waals surface area contributed by atoms with Crippen LogP contribution in [0.2, 0.25) is 0 Å². The van der Waals surface area contributed by atoms with E-state index in [1.807, 2.05) is 12.1 Å². The lowest BCUT2D eigenvalue weighted by Crippen LogP contribution is -2.39. The minimum absolute atomic E-state index is 0.102. The smallest absolute Gasteiger partial charge is 0.260 e. The molecular formula is C16H25N3O3. The lowest BCUT2D eigenvalue weighted by molar-refractivity contribution is -0.130. The Morgan fingerprint density at radius 1 is 1.23 bits per heavy atom. The van der Waals surface area contributed by atoms with Crippen LogP contribution in [0.4, 0.5) is 0 Å². The van der Waals surface area contributed by atoms with Gasteiger partial charge in [0.1, 0.15) is 0 Å². The van der Waals surface area contributed by atoms with Gasteiger partial charge < -0.3 is 11.1 Å². The predicted molar refractivity (Wildman–Crippen MR) is 84.1 cm³/mol. The number of carbonyl (C=O) groups excluding carboxylic acids is 2. The summed E-state index contributed by atoms with van der Waals surface area (Å²) in [4.78, 5) is 22.7. The van der Waals surface area contributed by atoms with Crippen LogP contribution in [0.25, 0.3) is 0 Å². The average Bonchev–Trinajstić information content (AvgIpc) is 2.49. The molecule has 0 fully saturated rings. The molecule has 6 heteroatoms. The van der Waals surface area contributed by atoms with E-state index in [1.165, 1.54) is 11.0 Å². The summed E-state index contributed by atoms with van der Waals surface area (Å²) in [6, 6.07) is 7.21. The average molecular weight is 307 g/mol. The Hall–Kier alpha value is -1.92. The van der Waals surface area contributed by atoms with Crippen molar-refractivity contribution in [3.8, 4) is 0 Å². The van der Waals surface area contributed by atoms with Crippen molar-refractivity contribution in [1.82, 2.24) is 10.8 Å². The number of rotatable bonds is 6. The lowest BCUT2D eigenvalue weighted by atomic mass is 9.87. The van der Waals surface area contributed by atoms with E-state index in [1.54, 1.807) is 0 Å². The zero-order valence-electron chi connectivity index (χ0n) is 13.3. The second-order valence-corrected chi connectivity index (χ2v) is 6.34. The molecule has 0 heterocycles. The van der Waals surface area contributed by atoms with Gasteiger partial charge in [0.05, 0.1) is 6.04 Å². The summed E-state index contributed by atoms with van der Waals surface area (Å²) in [5.41, 5.74) is 9.31. The number of benzene rings is 1. The van der Waals surface area contributed by atoms with E-state index in [2.05, 4.69) is 38.2 Å². The van der Waals surface area contributed by atoms with E-state index < -0.39 is 11.9 Å². The van der Waals surface area contributed by atoms with E-state index in [4.69, 9.17) is 10.9 Å². The van der Waals surface area contributed by atoms with Crippen molar-refractivity contribution in [1.29, 1.82) is 0 Å². The number of nitrogens with two attached hydrogens (primary N) is 1. The van der Waals surface area contributed by atoms with Gasteiger partial charge >= 0.3 is 0 Å². The third-order valence-electron chi connectivity index (χ3n) is 3.44. The Kier molecular flexibility index (Phi) is 6.52. The van der Waals surface area contributed by atoms with E-state index >= 15 is 0 Å². The minimum atomic E-state index is -0.887. The number of hydrogen-bond acceptors (Lipinski definition) is 4. The second-order valence-electron chi connectivity index (χ2n) is 6.34. The lowest BCUT2D eigenvalue weighted by Gasteiger charge is -2.19. The van der Waals surface area contributed by atoms with E-state index in [0.717, 1.165) is 5.56 Å². The van der Waals surface area contributed by atoms with Gasteiger partial charge in [0.25, 0.3) is 5.91 Å². The Labute approximate surface area is 131 Å². The first-order chi connectivity index (χ1) is 10.2. The molecule has 0 aromatic heterocycles. The van der Waals surface area contributed by atoms with Gasteiger partial charge in [-0.1, -0.05) is 45.0 Å². The maximum atomic E-state index is 11.7. The molecule has 0 saturated heterocycles. The molecule has 6 nitrogen and oxygen atoms in total. The van der Waals surface area contributed by atoms with Crippen molar-refractivity contribution in [3.05, 3.63) is 35.4 Å². The Bertz CT molecular complexity index is 506. The quantitative estimate of drug-likeness (QED) is 0.468. The first-order valence-electron chi connectivity index (χ1n) is 7.29. The molecule has 0 saturated carbocycles. The van der Waals surface area contributed by atoms with E-state index in [0.29, 0.717) is 6.54 Å². The Morgan fingerprint density at radius 3 is 2.32 bits per heavy atom. The molecular weight excluding hydrogens is 282 g/mol. The van der Waals surface area contributed by atoms with Gasteiger partial charge in [-0.15, -0.1) is 0 Å². The summed E-state index contributed by atoms with van der Waals surface area (Å²) >= 11 is 0. The fourth-order valence-corrected chi connectivity index (χ4v) is 1.91. The highest BCUT2D eigenvalue weighted by Gasteiger charge is 2.15. The Balaban J connectivity index is 2.40. The molecule has 0 aliphatic rings. The maximum Gasteiger partial charge on any atom is 0.260 e. The summed E-state index contributed by atoms with van der Waals surface area (Å²) in [5.74, 6) is -0.869. The van der Waals surface area contributed by atoms with E-state index in [9.17, 15) is 9.59 Å². The van der Waals surface area contributed by atoms with Crippen molar-refractivity contribution in [2.45, 2.75) is 51.6 Å². The monoisotopic (exact) mass is 307 g/mol. The molecule has 1 atom stereocenters. The molecule has 0 radical (unpaired) electrons. The van der Waals surface area contributed by atoms with Crippen LogP contribution in [0, 0.1) is 0 Å². The molecule has 1 aromatic rings. The first-order valence-corrected chi connectivity index (χ1v) is 7.29. The Morgan fingerprint density at radius 2 is 1.82 bits per heavy atom.